The number of hydrogen-bond acceptors (Lipinski definition) is 4. The van der Waals surface area contributed by atoms with Crippen LogP contribution in [0.2, 0.25) is 0 Å². The number of amides is 1. The fourth-order valence-corrected chi connectivity index (χ4v) is 4.37. The Hall–Kier alpha value is -1.63. The third-order valence-corrected chi connectivity index (χ3v) is 6.37. The molecule has 29 heavy (non-hydrogen) atoms. The largest absolute Gasteiger partial charge is 0.364 e. The predicted molar refractivity (Wildman–Crippen MR) is 120 cm³/mol. The average molecular weight is 402 g/mol. The number of nitrogens with two attached hydrogens (primary N) is 2. The molecule has 0 aliphatic heterocycles. The van der Waals surface area contributed by atoms with Crippen LogP contribution in [-0.4, -0.2) is 42.6 Å². The topological polar surface area (TPSA) is 109 Å². The summed E-state index contributed by atoms with van der Waals surface area (Å²) < 4.78 is 0. The summed E-state index contributed by atoms with van der Waals surface area (Å²) in [6, 6.07) is -0.424. The van der Waals surface area contributed by atoms with E-state index < -0.39 is 6.04 Å². The van der Waals surface area contributed by atoms with Gasteiger partial charge in [-0.3, -0.25) is 4.79 Å². The highest BCUT2D eigenvalue weighted by molar-refractivity contribution is 5.81. The van der Waals surface area contributed by atoms with Crippen LogP contribution in [0.3, 0.4) is 0 Å². The van der Waals surface area contributed by atoms with Crippen molar-refractivity contribution in [2.75, 3.05) is 19.6 Å². The second-order valence-electron chi connectivity index (χ2n) is 8.96. The molecule has 0 aromatic carbocycles. The molecule has 1 aromatic rings. The maximum absolute atomic E-state index is 12.4. The van der Waals surface area contributed by atoms with E-state index in [1.807, 2.05) is 6.92 Å². The summed E-state index contributed by atoms with van der Waals surface area (Å²) in [5, 5.41) is 6.50. The molecule has 5 atom stereocenters. The summed E-state index contributed by atoms with van der Waals surface area (Å²) in [6.07, 6.45) is 13.0. The molecular formula is C23H39N5O. The van der Waals surface area contributed by atoms with Crippen molar-refractivity contribution in [3.63, 3.8) is 0 Å². The van der Waals surface area contributed by atoms with Crippen molar-refractivity contribution in [1.29, 1.82) is 0 Å². The zero-order chi connectivity index (χ0) is 20.8. The molecule has 6 heteroatoms. The van der Waals surface area contributed by atoms with Crippen molar-refractivity contribution in [3.05, 3.63) is 29.1 Å². The molecule has 0 spiro atoms. The normalized spacial score (nSPS) is 22.5. The fourth-order valence-electron chi connectivity index (χ4n) is 4.37. The molecule has 3 rings (SSSR count). The molecule has 1 saturated carbocycles. The minimum absolute atomic E-state index is 0.0578. The Balaban J connectivity index is 1.36. The lowest BCUT2D eigenvalue weighted by Gasteiger charge is -2.19. The molecule has 7 N–H and O–H groups in total. The van der Waals surface area contributed by atoms with E-state index in [0.29, 0.717) is 24.8 Å². The van der Waals surface area contributed by atoms with E-state index >= 15 is 0 Å². The van der Waals surface area contributed by atoms with Gasteiger partial charge in [-0.15, -0.1) is 0 Å². The van der Waals surface area contributed by atoms with Gasteiger partial charge in [0.1, 0.15) is 0 Å². The van der Waals surface area contributed by atoms with Crippen molar-refractivity contribution in [1.82, 2.24) is 15.6 Å². The van der Waals surface area contributed by atoms with Gasteiger partial charge in [-0.25, -0.2) is 0 Å². The first-order valence-corrected chi connectivity index (χ1v) is 11.4. The maximum atomic E-state index is 12.4. The van der Waals surface area contributed by atoms with Crippen LogP contribution < -0.4 is 22.1 Å². The summed E-state index contributed by atoms with van der Waals surface area (Å²) in [5.41, 5.74) is 15.9. The SMILES string of the molecule is CCCCC(CN)CNCCC(N)C(=O)NC(C)Cc1c[nH]c2c1C=CC1CC21. The number of aromatic nitrogens is 1. The van der Waals surface area contributed by atoms with E-state index in [9.17, 15) is 4.79 Å². The van der Waals surface area contributed by atoms with Gasteiger partial charge < -0.3 is 27.1 Å². The first-order valence-electron chi connectivity index (χ1n) is 11.4. The molecule has 0 bridgehead atoms. The van der Waals surface area contributed by atoms with Crippen LogP contribution in [0.5, 0.6) is 0 Å². The summed E-state index contributed by atoms with van der Waals surface area (Å²) in [6.45, 7) is 6.59. The van der Waals surface area contributed by atoms with Crippen molar-refractivity contribution >= 4 is 12.0 Å². The lowest BCUT2D eigenvalue weighted by molar-refractivity contribution is -0.123. The Bertz CT molecular complexity index is 697. The molecule has 0 radical (unpaired) electrons. The van der Waals surface area contributed by atoms with E-state index in [4.69, 9.17) is 11.5 Å². The Morgan fingerprint density at radius 3 is 2.97 bits per heavy atom. The number of rotatable bonds is 13. The van der Waals surface area contributed by atoms with Gasteiger partial charge in [-0.05, 0) is 75.2 Å². The van der Waals surface area contributed by atoms with Gasteiger partial charge in [0.15, 0.2) is 0 Å². The molecule has 1 aromatic heterocycles. The van der Waals surface area contributed by atoms with Crippen LogP contribution in [0, 0.1) is 11.8 Å². The quantitative estimate of drug-likeness (QED) is 0.327. The standard InChI is InChI=1S/C23H39N5O/c1-3-4-5-16(12-24)13-26-9-8-21(25)23(29)28-15(2)10-18-14-27-22-19(18)7-6-17-11-20(17)22/h6-7,14-17,20-21,26-27H,3-5,8-13,24-25H2,1-2H3,(H,28,29). The first kappa shape index (κ1) is 22.1. The minimum Gasteiger partial charge on any atom is -0.364 e. The molecule has 1 fully saturated rings. The number of allylic oxidation sites excluding steroid dienone is 1. The van der Waals surface area contributed by atoms with Crippen molar-refractivity contribution in [3.8, 4) is 0 Å². The first-order chi connectivity index (χ1) is 14.0. The minimum atomic E-state index is -0.482. The highest BCUT2D eigenvalue weighted by atomic mass is 16.2. The highest BCUT2D eigenvalue weighted by Gasteiger charge is 2.41. The van der Waals surface area contributed by atoms with E-state index in [0.717, 1.165) is 31.8 Å². The van der Waals surface area contributed by atoms with Crippen LogP contribution in [0.1, 0.15) is 68.7 Å². The number of aromatic amines is 1. The van der Waals surface area contributed by atoms with Gasteiger partial charge in [0.25, 0.3) is 0 Å². The molecule has 0 saturated heterocycles. The van der Waals surface area contributed by atoms with Gasteiger partial charge in [-0.2, -0.15) is 0 Å². The lowest BCUT2D eigenvalue weighted by atomic mass is 9.98. The zero-order valence-corrected chi connectivity index (χ0v) is 18.0. The highest BCUT2D eigenvalue weighted by Crippen LogP contribution is 2.52. The van der Waals surface area contributed by atoms with Crippen molar-refractivity contribution < 1.29 is 4.79 Å². The fraction of sp³-hybridized carbons (Fsp3) is 0.696. The van der Waals surface area contributed by atoms with Gasteiger partial charge in [0.05, 0.1) is 6.04 Å². The van der Waals surface area contributed by atoms with Crippen LogP contribution in [-0.2, 0) is 11.2 Å². The number of unbranched alkanes of at least 4 members (excludes halogenated alkanes) is 1. The van der Waals surface area contributed by atoms with Crippen LogP contribution in [0.25, 0.3) is 6.08 Å². The lowest BCUT2D eigenvalue weighted by Crippen LogP contribution is -2.46. The third-order valence-electron chi connectivity index (χ3n) is 6.37. The molecule has 1 heterocycles. The number of carbonyl (C=O) groups excluding carboxylic acids is 1. The van der Waals surface area contributed by atoms with Gasteiger partial charge in [-0.1, -0.05) is 31.9 Å². The zero-order valence-electron chi connectivity index (χ0n) is 18.0. The molecule has 2 aliphatic carbocycles. The second kappa shape index (κ2) is 10.4. The number of nitrogens with one attached hydrogen (secondary N) is 3. The van der Waals surface area contributed by atoms with Gasteiger partial charge >= 0.3 is 0 Å². The van der Waals surface area contributed by atoms with Gasteiger partial charge in [0, 0.05) is 23.9 Å². The average Bonchev–Trinajstić information content (AvgIpc) is 3.41. The summed E-state index contributed by atoms with van der Waals surface area (Å²) >= 11 is 0. The van der Waals surface area contributed by atoms with E-state index in [1.54, 1.807) is 0 Å². The Kier molecular flexibility index (Phi) is 7.92. The third kappa shape index (κ3) is 5.93. The Morgan fingerprint density at radius 2 is 2.21 bits per heavy atom. The molecule has 1 amide bonds. The van der Waals surface area contributed by atoms with Gasteiger partial charge in [0.2, 0.25) is 5.91 Å². The predicted octanol–water partition coefficient (Wildman–Crippen LogP) is 2.26. The molecule has 5 unspecified atom stereocenters. The smallest absolute Gasteiger partial charge is 0.237 e. The number of hydrogen-bond donors (Lipinski definition) is 5. The van der Waals surface area contributed by atoms with E-state index in [1.165, 1.54) is 36.1 Å². The Morgan fingerprint density at radius 1 is 1.38 bits per heavy atom. The number of carbonyl (C=O) groups is 1. The summed E-state index contributed by atoms with van der Waals surface area (Å²) in [4.78, 5) is 15.9. The van der Waals surface area contributed by atoms with E-state index in [-0.39, 0.29) is 11.9 Å². The van der Waals surface area contributed by atoms with E-state index in [2.05, 4.69) is 40.9 Å². The van der Waals surface area contributed by atoms with Crippen LogP contribution in [0.4, 0.5) is 0 Å². The summed E-state index contributed by atoms with van der Waals surface area (Å²) in [5.74, 6) is 1.87. The maximum Gasteiger partial charge on any atom is 0.237 e. The second-order valence-corrected chi connectivity index (χ2v) is 8.96. The number of H-pyrrole nitrogens is 1. The Labute approximate surface area is 175 Å². The summed E-state index contributed by atoms with van der Waals surface area (Å²) in [7, 11) is 0. The molecular weight excluding hydrogens is 362 g/mol. The molecule has 6 nitrogen and oxygen atoms in total. The number of fused-ring (bicyclic) bond motifs is 3. The monoisotopic (exact) mass is 401 g/mol. The molecule has 162 valence electrons. The van der Waals surface area contributed by atoms with Crippen LogP contribution >= 0.6 is 0 Å². The van der Waals surface area contributed by atoms with Crippen molar-refractivity contribution in [2.24, 2.45) is 23.3 Å². The van der Waals surface area contributed by atoms with Crippen LogP contribution in [0.15, 0.2) is 12.3 Å². The molecule has 2 aliphatic rings. The van der Waals surface area contributed by atoms with Crippen molar-refractivity contribution in [2.45, 2.75) is 70.4 Å².